The third-order valence-corrected chi connectivity index (χ3v) is 4.58. The van der Waals surface area contributed by atoms with Gasteiger partial charge in [0.2, 0.25) is 0 Å². The van der Waals surface area contributed by atoms with Gasteiger partial charge < -0.3 is 0 Å². The van der Waals surface area contributed by atoms with E-state index in [2.05, 4.69) is 9.71 Å². The van der Waals surface area contributed by atoms with Crippen LogP contribution in [0.4, 0.5) is 10.1 Å². The number of halogens is 2. The lowest BCUT2D eigenvalue weighted by Gasteiger charge is -2.08. The van der Waals surface area contributed by atoms with Crippen LogP contribution in [0.1, 0.15) is 0 Å². The Kier molecular flexibility index (Phi) is 3.30. The zero-order chi connectivity index (χ0) is 15.0. The Morgan fingerprint density at radius 2 is 1.86 bits per heavy atom. The lowest BCUT2D eigenvalue weighted by atomic mass is 10.3. The van der Waals surface area contributed by atoms with Crippen molar-refractivity contribution in [3.05, 3.63) is 59.6 Å². The minimum absolute atomic E-state index is 0.129. The molecule has 2 heterocycles. The maximum atomic E-state index is 12.9. The van der Waals surface area contributed by atoms with E-state index in [1.807, 2.05) is 0 Å². The van der Waals surface area contributed by atoms with E-state index in [0.717, 1.165) is 12.1 Å². The van der Waals surface area contributed by atoms with E-state index in [1.54, 1.807) is 24.4 Å². The number of nitrogens with one attached hydrogen (secondary N) is 1. The molecule has 0 atom stereocenters. The van der Waals surface area contributed by atoms with Crippen LogP contribution >= 0.6 is 11.6 Å². The van der Waals surface area contributed by atoms with Crippen molar-refractivity contribution >= 4 is 33.0 Å². The first kappa shape index (κ1) is 13.8. The van der Waals surface area contributed by atoms with Crippen LogP contribution in [0.3, 0.4) is 0 Å². The molecule has 21 heavy (non-hydrogen) atoms. The first-order valence-corrected chi connectivity index (χ1v) is 7.74. The summed E-state index contributed by atoms with van der Waals surface area (Å²) in [5, 5.41) is -0.292. The number of aromatic nitrogens is 2. The van der Waals surface area contributed by atoms with Gasteiger partial charge in [-0.2, -0.15) is 8.42 Å². The number of hydrogen-bond donors (Lipinski definition) is 1. The van der Waals surface area contributed by atoms with E-state index >= 15 is 0 Å². The summed E-state index contributed by atoms with van der Waals surface area (Å²) in [5.74, 6) is -0.453. The largest absolute Gasteiger partial charge is 0.288 e. The number of anilines is 1. The Labute approximate surface area is 125 Å². The van der Waals surface area contributed by atoms with Gasteiger partial charge in [-0.15, -0.1) is 0 Å². The van der Waals surface area contributed by atoms with Crippen LogP contribution in [-0.4, -0.2) is 17.8 Å². The molecule has 0 radical (unpaired) electrons. The van der Waals surface area contributed by atoms with E-state index < -0.39 is 15.8 Å². The van der Waals surface area contributed by atoms with Crippen molar-refractivity contribution < 1.29 is 12.8 Å². The molecule has 1 aromatic carbocycles. The molecule has 8 heteroatoms. The van der Waals surface area contributed by atoms with Crippen molar-refractivity contribution in [1.82, 2.24) is 9.38 Å². The van der Waals surface area contributed by atoms with E-state index in [1.165, 1.54) is 16.5 Å². The SMILES string of the molecule is O=S(=O)(Nc1ccc(F)cc1)c1c(Cl)nc2ccccn12. The molecule has 5 nitrogen and oxygen atoms in total. The maximum absolute atomic E-state index is 12.9. The first-order chi connectivity index (χ1) is 9.97. The molecular formula is C13H9ClFN3O2S. The van der Waals surface area contributed by atoms with Gasteiger partial charge in [-0.1, -0.05) is 17.7 Å². The Bertz CT molecular complexity index is 907. The molecule has 108 valence electrons. The van der Waals surface area contributed by atoms with Crippen molar-refractivity contribution in [3.63, 3.8) is 0 Å². The van der Waals surface area contributed by atoms with Gasteiger partial charge in [0.15, 0.2) is 10.2 Å². The Balaban J connectivity index is 2.08. The van der Waals surface area contributed by atoms with Gasteiger partial charge in [0, 0.05) is 11.9 Å². The minimum atomic E-state index is -3.94. The van der Waals surface area contributed by atoms with Crippen LogP contribution in [0, 0.1) is 5.82 Å². The summed E-state index contributed by atoms with van der Waals surface area (Å²) in [6.07, 6.45) is 1.55. The third-order valence-electron chi connectivity index (χ3n) is 2.80. The predicted molar refractivity (Wildman–Crippen MR) is 77.4 cm³/mol. The average molecular weight is 326 g/mol. The fraction of sp³-hybridized carbons (Fsp3) is 0. The number of sulfonamides is 1. The van der Waals surface area contributed by atoms with Crippen molar-refractivity contribution in [2.24, 2.45) is 0 Å². The highest BCUT2D eigenvalue weighted by Crippen LogP contribution is 2.24. The molecule has 0 saturated heterocycles. The van der Waals surface area contributed by atoms with Gasteiger partial charge in [-0.3, -0.25) is 9.12 Å². The van der Waals surface area contributed by atoms with Crippen LogP contribution < -0.4 is 4.72 Å². The number of imidazole rings is 1. The summed E-state index contributed by atoms with van der Waals surface area (Å²) in [5.41, 5.74) is 0.653. The number of benzene rings is 1. The highest BCUT2D eigenvalue weighted by molar-refractivity contribution is 7.92. The molecule has 0 fully saturated rings. The van der Waals surface area contributed by atoms with E-state index in [9.17, 15) is 12.8 Å². The fourth-order valence-electron chi connectivity index (χ4n) is 1.91. The second-order valence-corrected chi connectivity index (χ2v) is 6.20. The lowest BCUT2D eigenvalue weighted by Crippen LogP contribution is -2.15. The fourth-order valence-corrected chi connectivity index (χ4v) is 3.61. The number of hydrogen-bond acceptors (Lipinski definition) is 3. The van der Waals surface area contributed by atoms with Crippen molar-refractivity contribution in [2.75, 3.05) is 4.72 Å². The predicted octanol–water partition coefficient (Wildman–Crippen LogP) is 2.93. The Morgan fingerprint density at radius 3 is 2.57 bits per heavy atom. The normalized spacial score (nSPS) is 11.7. The second kappa shape index (κ2) is 5.01. The quantitative estimate of drug-likeness (QED) is 0.805. The molecule has 2 aromatic heterocycles. The Hall–Kier alpha value is -2.12. The molecule has 3 rings (SSSR count). The number of rotatable bonds is 3. The van der Waals surface area contributed by atoms with Crippen LogP contribution in [0.5, 0.6) is 0 Å². The minimum Gasteiger partial charge on any atom is -0.288 e. The summed E-state index contributed by atoms with van der Waals surface area (Å²) in [7, 11) is -3.94. The van der Waals surface area contributed by atoms with Crippen LogP contribution in [0.15, 0.2) is 53.7 Å². The summed E-state index contributed by atoms with van der Waals surface area (Å²) in [4.78, 5) is 3.98. The van der Waals surface area contributed by atoms with Crippen LogP contribution in [-0.2, 0) is 10.0 Å². The standard InChI is InChI=1S/C13H9ClFN3O2S/c14-12-13(18-8-2-1-3-11(18)16-12)21(19,20)17-10-6-4-9(15)5-7-10/h1-8,17H. The molecule has 0 spiro atoms. The smallest absolute Gasteiger partial charge is 0.281 e. The van der Waals surface area contributed by atoms with Crippen molar-refractivity contribution in [2.45, 2.75) is 5.03 Å². The molecule has 3 aromatic rings. The van der Waals surface area contributed by atoms with E-state index in [4.69, 9.17) is 11.6 Å². The van der Waals surface area contributed by atoms with Crippen molar-refractivity contribution in [1.29, 1.82) is 0 Å². The summed E-state index contributed by atoms with van der Waals surface area (Å²) in [6, 6.07) is 10.0. The number of nitrogens with zero attached hydrogens (tertiary/aromatic N) is 2. The van der Waals surface area contributed by atoms with Crippen LogP contribution in [0.25, 0.3) is 5.65 Å². The van der Waals surface area contributed by atoms with Crippen LogP contribution in [0.2, 0.25) is 5.15 Å². The van der Waals surface area contributed by atoms with Gasteiger partial charge in [0.05, 0.1) is 0 Å². The van der Waals surface area contributed by atoms with E-state index in [0.29, 0.717) is 5.65 Å². The Morgan fingerprint density at radius 1 is 1.14 bits per heavy atom. The highest BCUT2D eigenvalue weighted by atomic mass is 35.5. The van der Waals surface area contributed by atoms with E-state index in [-0.39, 0.29) is 15.9 Å². The summed E-state index contributed by atoms with van der Waals surface area (Å²) >= 11 is 5.93. The number of pyridine rings is 1. The molecular weight excluding hydrogens is 317 g/mol. The maximum Gasteiger partial charge on any atom is 0.281 e. The number of fused-ring (bicyclic) bond motifs is 1. The zero-order valence-corrected chi connectivity index (χ0v) is 12.1. The highest BCUT2D eigenvalue weighted by Gasteiger charge is 2.24. The van der Waals surface area contributed by atoms with Gasteiger partial charge in [-0.25, -0.2) is 9.37 Å². The van der Waals surface area contributed by atoms with Gasteiger partial charge in [-0.05, 0) is 36.4 Å². The van der Waals surface area contributed by atoms with Crippen molar-refractivity contribution in [3.8, 4) is 0 Å². The second-order valence-electron chi connectivity index (χ2n) is 4.25. The summed E-state index contributed by atoms with van der Waals surface area (Å²) in [6.45, 7) is 0. The molecule has 0 bridgehead atoms. The summed E-state index contributed by atoms with van der Waals surface area (Å²) < 4.78 is 41.4. The first-order valence-electron chi connectivity index (χ1n) is 5.88. The van der Waals surface area contributed by atoms with Gasteiger partial charge >= 0.3 is 0 Å². The third kappa shape index (κ3) is 2.57. The lowest BCUT2D eigenvalue weighted by molar-refractivity contribution is 0.596. The zero-order valence-electron chi connectivity index (χ0n) is 10.5. The molecule has 0 aliphatic rings. The molecule has 1 N–H and O–H groups in total. The molecule has 0 amide bonds. The molecule has 0 saturated carbocycles. The average Bonchev–Trinajstić information content (AvgIpc) is 2.77. The monoisotopic (exact) mass is 325 g/mol. The topological polar surface area (TPSA) is 63.5 Å². The van der Waals surface area contributed by atoms with Gasteiger partial charge in [0.1, 0.15) is 11.5 Å². The van der Waals surface area contributed by atoms with Gasteiger partial charge in [0.25, 0.3) is 10.0 Å². The molecule has 0 aliphatic carbocycles. The molecule has 0 unspecified atom stereocenters. The molecule has 0 aliphatic heterocycles.